The highest BCUT2D eigenvalue weighted by molar-refractivity contribution is 4.96. The first-order chi connectivity index (χ1) is 6.61. The Kier molecular flexibility index (Phi) is 2.85. The SMILES string of the molecule is CCC1CCCC(N2CC(C)(O)C2)C1. The van der Waals surface area contributed by atoms with Crippen LogP contribution in [0.2, 0.25) is 0 Å². The Hall–Kier alpha value is -0.0800. The van der Waals surface area contributed by atoms with Gasteiger partial charge < -0.3 is 5.11 Å². The monoisotopic (exact) mass is 197 g/mol. The Morgan fingerprint density at radius 3 is 2.64 bits per heavy atom. The van der Waals surface area contributed by atoms with Crippen molar-refractivity contribution in [2.24, 2.45) is 5.92 Å². The van der Waals surface area contributed by atoms with Gasteiger partial charge in [-0.15, -0.1) is 0 Å². The minimum absolute atomic E-state index is 0.390. The van der Waals surface area contributed by atoms with Crippen LogP contribution < -0.4 is 0 Å². The van der Waals surface area contributed by atoms with Crippen LogP contribution >= 0.6 is 0 Å². The van der Waals surface area contributed by atoms with Crippen molar-refractivity contribution in [2.75, 3.05) is 13.1 Å². The molecule has 2 aliphatic rings. The van der Waals surface area contributed by atoms with Gasteiger partial charge in [-0.1, -0.05) is 26.2 Å². The van der Waals surface area contributed by atoms with Gasteiger partial charge in [-0.05, 0) is 25.7 Å². The molecule has 2 rings (SSSR count). The number of aliphatic hydroxyl groups is 1. The lowest BCUT2D eigenvalue weighted by atomic mass is 9.81. The zero-order chi connectivity index (χ0) is 10.2. The maximum Gasteiger partial charge on any atom is 0.0872 e. The third-order valence-corrected chi connectivity index (χ3v) is 3.94. The molecule has 0 aromatic rings. The molecule has 1 aliphatic heterocycles. The van der Waals surface area contributed by atoms with Gasteiger partial charge in [-0.25, -0.2) is 0 Å². The summed E-state index contributed by atoms with van der Waals surface area (Å²) in [6.45, 7) is 6.05. The summed E-state index contributed by atoms with van der Waals surface area (Å²) < 4.78 is 0. The van der Waals surface area contributed by atoms with Gasteiger partial charge in [0.1, 0.15) is 0 Å². The van der Waals surface area contributed by atoms with Crippen molar-refractivity contribution in [3.05, 3.63) is 0 Å². The van der Waals surface area contributed by atoms with E-state index >= 15 is 0 Å². The van der Waals surface area contributed by atoms with Crippen molar-refractivity contribution in [3.8, 4) is 0 Å². The first-order valence-corrected chi connectivity index (χ1v) is 6.07. The highest BCUT2D eigenvalue weighted by Crippen LogP contribution is 2.34. The molecule has 2 atom stereocenters. The third-order valence-electron chi connectivity index (χ3n) is 3.94. The van der Waals surface area contributed by atoms with E-state index in [0.717, 1.165) is 25.0 Å². The Bertz CT molecular complexity index is 194. The van der Waals surface area contributed by atoms with Crippen molar-refractivity contribution in [3.63, 3.8) is 0 Å². The van der Waals surface area contributed by atoms with Gasteiger partial charge in [-0.2, -0.15) is 0 Å². The molecule has 0 radical (unpaired) electrons. The van der Waals surface area contributed by atoms with Gasteiger partial charge >= 0.3 is 0 Å². The summed E-state index contributed by atoms with van der Waals surface area (Å²) in [5.74, 6) is 0.944. The highest BCUT2D eigenvalue weighted by atomic mass is 16.3. The average molecular weight is 197 g/mol. The van der Waals surface area contributed by atoms with Crippen molar-refractivity contribution in [1.29, 1.82) is 0 Å². The fraction of sp³-hybridized carbons (Fsp3) is 1.00. The van der Waals surface area contributed by atoms with Crippen LogP contribution in [0.1, 0.15) is 46.0 Å². The topological polar surface area (TPSA) is 23.5 Å². The van der Waals surface area contributed by atoms with Gasteiger partial charge in [0.25, 0.3) is 0 Å². The summed E-state index contributed by atoms with van der Waals surface area (Å²) in [5, 5.41) is 9.70. The molecule has 2 heteroatoms. The molecule has 82 valence electrons. The number of likely N-dealkylation sites (tertiary alicyclic amines) is 1. The number of hydrogen-bond donors (Lipinski definition) is 1. The molecule has 1 N–H and O–H groups in total. The number of β-amino-alcohol motifs (C(OH)–C–C–N with tert-alkyl or cyclic N) is 1. The Balaban J connectivity index is 1.81. The van der Waals surface area contributed by atoms with Crippen molar-refractivity contribution >= 4 is 0 Å². The fourth-order valence-electron chi connectivity index (χ4n) is 3.05. The maximum absolute atomic E-state index is 9.70. The molecule has 1 aliphatic carbocycles. The molecule has 1 saturated heterocycles. The lowest BCUT2D eigenvalue weighted by molar-refractivity contribution is -0.110. The molecule has 0 bridgehead atoms. The van der Waals surface area contributed by atoms with E-state index in [4.69, 9.17) is 0 Å². The van der Waals surface area contributed by atoms with Gasteiger partial charge in [0, 0.05) is 19.1 Å². The lowest BCUT2D eigenvalue weighted by Gasteiger charge is -2.50. The fourth-order valence-corrected chi connectivity index (χ4v) is 3.05. The van der Waals surface area contributed by atoms with Crippen LogP contribution in [0.25, 0.3) is 0 Å². The van der Waals surface area contributed by atoms with Gasteiger partial charge in [0.05, 0.1) is 5.60 Å². The average Bonchev–Trinajstić information content (AvgIpc) is 2.14. The quantitative estimate of drug-likeness (QED) is 0.732. The molecule has 1 saturated carbocycles. The van der Waals surface area contributed by atoms with E-state index in [9.17, 15) is 5.11 Å². The minimum Gasteiger partial charge on any atom is -0.388 e. The van der Waals surface area contributed by atoms with Crippen molar-refractivity contribution < 1.29 is 5.11 Å². The molecular formula is C12H23NO. The molecule has 1 heterocycles. The first kappa shape index (κ1) is 10.4. The van der Waals surface area contributed by atoms with E-state index < -0.39 is 0 Å². The van der Waals surface area contributed by atoms with Gasteiger partial charge in [0.2, 0.25) is 0 Å². The number of nitrogens with zero attached hydrogens (tertiary/aromatic N) is 1. The minimum atomic E-state index is -0.390. The van der Waals surface area contributed by atoms with Crippen LogP contribution in [0.4, 0.5) is 0 Å². The Morgan fingerprint density at radius 1 is 1.36 bits per heavy atom. The molecule has 0 aromatic heterocycles. The number of rotatable bonds is 2. The second-order valence-corrected chi connectivity index (χ2v) is 5.50. The standard InChI is InChI=1S/C12H23NO/c1-3-10-5-4-6-11(7-10)13-8-12(2,14)9-13/h10-11,14H,3-9H2,1-2H3. The molecule has 2 unspecified atom stereocenters. The lowest BCUT2D eigenvalue weighted by Crippen LogP contribution is -2.63. The summed E-state index contributed by atoms with van der Waals surface area (Å²) in [4.78, 5) is 2.47. The maximum atomic E-state index is 9.70. The second-order valence-electron chi connectivity index (χ2n) is 5.50. The van der Waals surface area contributed by atoms with Crippen LogP contribution in [0.15, 0.2) is 0 Å². The van der Waals surface area contributed by atoms with Crippen LogP contribution in [-0.4, -0.2) is 34.7 Å². The smallest absolute Gasteiger partial charge is 0.0872 e. The van der Waals surface area contributed by atoms with Crippen LogP contribution in [0, 0.1) is 5.92 Å². The molecule has 0 spiro atoms. The highest BCUT2D eigenvalue weighted by Gasteiger charge is 2.41. The van der Waals surface area contributed by atoms with Crippen LogP contribution in [0.5, 0.6) is 0 Å². The van der Waals surface area contributed by atoms with Crippen LogP contribution in [-0.2, 0) is 0 Å². The summed E-state index contributed by atoms with van der Waals surface area (Å²) >= 11 is 0. The molecule has 0 aromatic carbocycles. The van der Waals surface area contributed by atoms with Gasteiger partial charge in [-0.3, -0.25) is 4.90 Å². The number of hydrogen-bond acceptors (Lipinski definition) is 2. The molecule has 14 heavy (non-hydrogen) atoms. The van der Waals surface area contributed by atoms with E-state index in [1.165, 1.54) is 32.1 Å². The predicted octanol–water partition coefficient (Wildman–Crippen LogP) is 2.02. The molecule has 2 fully saturated rings. The third kappa shape index (κ3) is 2.12. The second kappa shape index (κ2) is 3.82. The molecule has 0 amide bonds. The van der Waals surface area contributed by atoms with Crippen molar-refractivity contribution in [1.82, 2.24) is 4.90 Å². The van der Waals surface area contributed by atoms with E-state index in [2.05, 4.69) is 11.8 Å². The van der Waals surface area contributed by atoms with E-state index in [-0.39, 0.29) is 5.60 Å². The normalized spacial score (nSPS) is 37.9. The summed E-state index contributed by atoms with van der Waals surface area (Å²) in [7, 11) is 0. The Morgan fingerprint density at radius 2 is 2.07 bits per heavy atom. The molecular weight excluding hydrogens is 174 g/mol. The van der Waals surface area contributed by atoms with Gasteiger partial charge in [0.15, 0.2) is 0 Å². The summed E-state index contributed by atoms with van der Waals surface area (Å²) in [6.07, 6.45) is 6.87. The molecule has 2 nitrogen and oxygen atoms in total. The Labute approximate surface area is 87.3 Å². The summed E-state index contributed by atoms with van der Waals surface area (Å²) in [6, 6.07) is 0.772. The largest absolute Gasteiger partial charge is 0.388 e. The van der Waals surface area contributed by atoms with Crippen LogP contribution in [0.3, 0.4) is 0 Å². The predicted molar refractivity (Wildman–Crippen MR) is 58.2 cm³/mol. The first-order valence-electron chi connectivity index (χ1n) is 6.07. The van der Waals surface area contributed by atoms with E-state index in [0.29, 0.717) is 0 Å². The van der Waals surface area contributed by atoms with E-state index in [1.54, 1.807) is 0 Å². The van der Waals surface area contributed by atoms with E-state index in [1.807, 2.05) is 6.92 Å². The zero-order valence-corrected chi connectivity index (χ0v) is 9.50. The summed E-state index contributed by atoms with van der Waals surface area (Å²) in [5.41, 5.74) is -0.390. The zero-order valence-electron chi connectivity index (χ0n) is 9.50. The van der Waals surface area contributed by atoms with Crippen molar-refractivity contribution in [2.45, 2.75) is 57.6 Å².